The second kappa shape index (κ2) is 3.38. The molecule has 0 aliphatic heterocycles. The van der Waals surface area contributed by atoms with Gasteiger partial charge in [0.1, 0.15) is 11.9 Å². The van der Waals surface area contributed by atoms with Gasteiger partial charge in [-0.05, 0) is 6.07 Å². The fourth-order valence-corrected chi connectivity index (χ4v) is 1.22. The maximum Gasteiger partial charge on any atom is 0.271 e. The van der Waals surface area contributed by atoms with Crippen molar-refractivity contribution >= 4 is 16.8 Å². The molecule has 0 saturated heterocycles. The van der Waals surface area contributed by atoms with E-state index in [1.165, 1.54) is 18.2 Å². The number of non-ortho nitro benzene ring substituents is 1. The van der Waals surface area contributed by atoms with Crippen LogP contribution in [0, 0.1) is 21.4 Å². The standard InChI is InChI=1S/C9H5N3O3/c10-4-3-9-11-7-5-6(12(13)14)1-2-8(7)15-9/h1-2,5H,3H2. The molecule has 0 aliphatic rings. The maximum atomic E-state index is 10.5. The zero-order chi connectivity index (χ0) is 10.8. The molecule has 0 spiro atoms. The summed E-state index contributed by atoms with van der Waals surface area (Å²) in [6, 6.07) is 6.02. The Kier molecular flexibility index (Phi) is 2.06. The Morgan fingerprint density at radius 2 is 2.40 bits per heavy atom. The quantitative estimate of drug-likeness (QED) is 0.548. The van der Waals surface area contributed by atoms with Gasteiger partial charge in [0.2, 0.25) is 5.89 Å². The molecular formula is C9H5N3O3. The maximum absolute atomic E-state index is 10.5. The molecule has 6 heteroatoms. The molecule has 0 fully saturated rings. The van der Waals surface area contributed by atoms with E-state index in [1.54, 1.807) is 0 Å². The van der Waals surface area contributed by atoms with Crippen LogP contribution in [0.4, 0.5) is 5.69 Å². The van der Waals surface area contributed by atoms with Crippen LogP contribution in [-0.2, 0) is 6.42 Å². The lowest BCUT2D eigenvalue weighted by Crippen LogP contribution is -1.86. The molecule has 2 rings (SSSR count). The molecule has 1 aromatic heterocycles. The summed E-state index contributed by atoms with van der Waals surface area (Å²) in [6.07, 6.45) is 0.0580. The number of benzene rings is 1. The number of hydrogen-bond acceptors (Lipinski definition) is 5. The molecule has 2 aromatic rings. The molecule has 6 nitrogen and oxygen atoms in total. The third kappa shape index (κ3) is 1.62. The van der Waals surface area contributed by atoms with E-state index in [0.717, 1.165) is 0 Å². The average molecular weight is 203 g/mol. The van der Waals surface area contributed by atoms with Gasteiger partial charge in [-0.3, -0.25) is 10.1 Å². The van der Waals surface area contributed by atoms with Gasteiger partial charge in [-0.1, -0.05) is 0 Å². The van der Waals surface area contributed by atoms with Crippen molar-refractivity contribution in [2.45, 2.75) is 6.42 Å². The molecule has 0 unspecified atom stereocenters. The lowest BCUT2D eigenvalue weighted by Gasteiger charge is -1.88. The number of rotatable bonds is 2. The number of nitro benzene ring substituents is 1. The Hall–Kier alpha value is -2.42. The summed E-state index contributed by atoms with van der Waals surface area (Å²) in [4.78, 5) is 13.9. The summed E-state index contributed by atoms with van der Waals surface area (Å²) < 4.78 is 5.19. The van der Waals surface area contributed by atoms with Gasteiger partial charge >= 0.3 is 0 Å². The first kappa shape index (κ1) is 9.15. The molecule has 0 radical (unpaired) electrons. The molecular weight excluding hydrogens is 198 g/mol. The van der Waals surface area contributed by atoms with Crippen LogP contribution >= 0.6 is 0 Å². The average Bonchev–Trinajstić information content (AvgIpc) is 2.59. The summed E-state index contributed by atoms with van der Waals surface area (Å²) in [5, 5.41) is 18.9. The smallest absolute Gasteiger partial charge is 0.271 e. The van der Waals surface area contributed by atoms with E-state index in [1.807, 2.05) is 6.07 Å². The zero-order valence-corrected chi connectivity index (χ0v) is 7.51. The lowest BCUT2D eigenvalue weighted by molar-refractivity contribution is -0.384. The van der Waals surface area contributed by atoms with Crippen LogP contribution in [-0.4, -0.2) is 9.91 Å². The number of nitriles is 1. The second-order valence-corrected chi connectivity index (χ2v) is 2.85. The van der Waals surface area contributed by atoms with E-state index in [-0.39, 0.29) is 18.0 Å². The predicted octanol–water partition coefficient (Wildman–Crippen LogP) is 1.80. The first-order valence-corrected chi connectivity index (χ1v) is 4.11. The molecule has 1 heterocycles. The zero-order valence-electron chi connectivity index (χ0n) is 7.51. The molecule has 0 bridgehead atoms. The van der Waals surface area contributed by atoms with Crippen LogP contribution in [0.5, 0.6) is 0 Å². The van der Waals surface area contributed by atoms with Crippen molar-refractivity contribution < 1.29 is 9.34 Å². The first-order chi connectivity index (χ1) is 7.20. The van der Waals surface area contributed by atoms with Crippen LogP contribution in [0.1, 0.15) is 5.89 Å². The van der Waals surface area contributed by atoms with Crippen molar-refractivity contribution in [3.63, 3.8) is 0 Å². The minimum Gasteiger partial charge on any atom is -0.440 e. The van der Waals surface area contributed by atoms with Crippen molar-refractivity contribution in [2.75, 3.05) is 0 Å². The fourth-order valence-electron chi connectivity index (χ4n) is 1.22. The van der Waals surface area contributed by atoms with E-state index in [0.29, 0.717) is 11.1 Å². The molecule has 15 heavy (non-hydrogen) atoms. The second-order valence-electron chi connectivity index (χ2n) is 2.85. The molecule has 74 valence electrons. The highest BCUT2D eigenvalue weighted by molar-refractivity contribution is 5.75. The first-order valence-electron chi connectivity index (χ1n) is 4.11. The monoisotopic (exact) mass is 203 g/mol. The van der Waals surface area contributed by atoms with Crippen molar-refractivity contribution in [2.24, 2.45) is 0 Å². The Morgan fingerprint density at radius 1 is 1.60 bits per heavy atom. The Morgan fingerprint density at radius 3 is 3.07 bits per heavy atom. The highest BCUT2D eigenvalue weighted by Crippen LogP contribution is 2.21. The van der Waals surface area contributed by atoms with Gasteiger partial charge in [-0.15, -0.1) is 0 Å². The van der Waals surface area contributed by atoms with Gasteiger partial charge in [0.15, 0.2) is 5.58 Å². The molecule has 0 atom stereocenters. The highest BCUT2D eigenvalue weighted by Gasteiger charge is 2.10. The van der Waals surface area contributed by atoms with Gasteiger partial charge in [-0.2, -0.15) is 5.26 Å². The number of oxazole rings is 1. The lowest BCUT2D eigenvalue weighted by atomic mass is 10.3. The van der Waals surface area contributed by atoms with E-state index in [4.69, 9.17) is 9.68 Å². The van der Waals surface area contributed by atoms with Crippen LogP contribution in [0.3, 0.4) is 0 Å². The van der Waals surface area contributed by atoms with Crippen molar-refractivity contribution in [1.29, 1.82) is 5.26 Å². The van der Waals surface area contributed by atoms with Crippen molar-refractivity contribution in [3.8, 4) is 6.07 Å². The third-order valence-corrected chi connectivity index (χ3v) is 1.86. The van der Waals surface area contributed by atoms with E-state index < -0.39 is 4.92 Å². The minimum atomic E-state index is -0.502. The van der Waals surface area contributed by atoms with Crippen molar-refractivity contribution in [3.05, 3.63) is 34.2 Å². The van der Waals surface area contributed by atoms with Gasteiger partial charge in [0, 0.05) is 12.1 Å². The van der Waals surface area contributed by atoms with E-state index in [2.05, 4.69) is 4.98 Å². The highest BCUT2D eigenvalue weighted by atomic mass is 16.6. The molecule has 0 saturated carbocycles. The summed E-state index contributed by atoms with van der Waals surface area (Å²) in [5.74, 6) is 0.271. The normalized spacial score (nSPS) is 10.1. The van der Waals surface area contributed by atoms with Gasteiger partial charge < -0.3 is 4.42 Å². The Balaban J connectivity index is 2.53. The fraction of sp³-hybridized carbons (Fsp3) is 0.111. The molecule has 0 N–H and O–H groups in total. The Bertz CT molecular complexity index is 567. The van der Waals surface area contributed by atoms with E-state index >= 15 is 0 Å². The number of hydrogen-bond donors (Lipinski definition) is 0. The third-order valence-electron chi connectivity index (χ3n) is 1.86. The number of nitro groups is 1. The predicted molar refractivity (Wildman–Crippen MR) is 50.0 cm³/mol. The molecule has 1 aromatic carbocycles. The summed E-state index contributed by atoms with van der Waals surface area (Å²) >= 11 is 0. The summed E-state index contributed by atoms with van der Waals surface area (Å²) in [7, 11) is 0. The van der Waals surface area contributed by atoms with Crippen LogP contribution < -0.4 is 0 Å². The SMILES string of the molecule is N#CCc1nc2cc([N+](=O)[O-])ccc2o1. The summed E-state index contributed by atoms with van der Waals surface area (Å²) in [6.45, 7) is 0. The van der Waals surface area contributed by atoms with Gasteiger partial charge in [-0.25, -0.2) is 4.98 Å². The molecule has 0 aliphatic carbocycles. The topological polar surface area (TPSA) is 93.0 Å². The van der Waals surface area contributed by atoms with Crippen molar-refractivity contribution in [1.82, 2.24) is 4.98 Å². The van der Waals surface area contributed by atoms with Gasteiger partial charge in [0.25, 0.3) is 5.69 Å². The van der Waals surface area contributed by atoms with Crippen LogP contribution in [0.2, 0.25) is 0 Å². The Labute approximate surface area is 83.9 Å². The van der Waals surface area contributed by atoms with Crippen LogP contribution in [0.25, 0.3) is 11.1 Å². The minimum absolute atomic E-state index is 0.0423. The number of nitrogens with zero attached hydrogens (tertiary/aromatic N) is 3. The van der Waals surface area contributed by atoms with Gasteiger partial charge in [0.05, 0.1) is 11.0 Å². The van der Waals surface area contributed by atoms with Crippen LogP contribution in [0.15, 0.2) is 22.6 Å². The van der Waals surface area contributed by atoms with E-state index in [9.17, 15) is 10.1 Å². The molecule has 0 amide bonds. The summed E-state index contributed by atoms with van der Waals surface area (Å²) in [5.41, 5.74) is 0.805. The largest absolute Gasteiger partial charge is 0.440 e. The number of fused-ring (bicyclic) bond motifs is 1. The number of aromatic nitrogens is 1.